The normalized spacial score (nSPS) is 29.1. The molecule has 0 atom stereocenters. The van der Waals surface area contributed by atoms with Crippen molar-refractivity contribution < 1.29 is 13.9 Å². The summed E-state index contributed by atoms with van der Waals surface area (Å²) in [7, 11) is 0. The average molecular weight is 290 g/mol. The number of ketones is 1. The number of benzene rings is 1. The molecule has 0 aromatic heterocycles. The molecule has 1 heterocycles. The summed E-state index contributed by atoms with van der Waals surface area (Å²) in [5.74, 6) is 0.837. The van der Waals surface area contributed by atoms with E-state index < -0.39 is 5.60 Å². The Balaban J connectivity index is 1.82. The van der Waals surface area contributed by atoms with Crippen LogP contribution in [0.25, 0.3) is 0 Å². The Morgan fingerprint density at radius 1 is 1.24 bits per heavy atom. The third-order valence-electron chi connectivity index (χ3n) is 5.17. The molecule has 0 saturated heterocycles. The van der Waals surface area contributed by atoms with Crippen LogP contribution < -0.4 is 4.74 Å². The summed E-state index contributed by atoms with van der Waals surface area (Å²) in [5, 5.41) is 0. The molecule has 2 aliphatic rings. The number of halogens is 1. The zero-order valence-corrected chi connectivity index (χ0v) is 13.0. The van der Waals surface area contributed by atoms with Gasteiger partial charge in [-0.1, -0.05) is 20.8 Å². The van der Waals surface area contributed by atoms with E-state index in [0.717, 1.165) is 25.7 Å². The molecule has 0 N–H and O–H groups in total. The predicted molar refractivity (Wildman–Crippen MR) is 80.1 cm³/mol. The minimum atomic E-state index is -0.403. The lowest BCUT2D eigenvalue weighted by Gasteiger charge is -2.45. The maximum absolute atomic E-state index is 13.4. The van der Waals surface area contributed by atoms with Gasteiger partial charge in [0.2, 0.25) is 0 Å². The van der Waals surface area contributed by atoms with Crippen LogP contribution in [0.1, 0.15) is 63.2 Å². The van der Waals surface area contributed by atoms with Crippen molar-refractivity contribution in [3.63, 3.8) is 0 Å². The molecule has 0 bridgehead atoms. The zero-order valence-electron chi connectivity index (χ0n) is 13.0. The van der Waals surface area contributed by atoms with Crippen molar-refractivity contribution in [2.24, 2.45) is 11.3 Å². The van der Waals surface area contributed by atoms with Gasteiger partial charge in [0.15, 0.2) is 5.78 Å². The van der Waals surface area contributed by atoms with Gasteiger partial charge in [-0.3, -0.25) is 4.79 Å². The molecule has 21 heavy (non-hydrogen) atoms. The molecule has 2 nitrogen and oxygen atoms in total. The molecule has 0 unspecified atom stereocenters. The molecule has 1 aromatic carbocycles. The molecule has 114 valence electrons. The number of carbonyl (C=O) groups excluding carboxylic acids is 1. The SMILES string of the molecule is CC(C)(C)C1CCC2(CC1)CC(=O)c1ccc(F)cc1O2. The maximum Gasteiger partial charge on any atom is 0.170 e. The summed E-state index contributed by atoms with van der Waals surface area (Å²) in [6.45, 7) is 6.81. The molecule has 1 spiro atoms. The third-order valence-corrected chi connectivity index (χ3v) is 5.17. The van der Waals surface area contributed by atoms with Gasteiger partial charge in [0.25, 0.3) is 0 Å². The Morgan fingerprint density at radius 2 is 1.90 bits per heavy atom. The Hall–Kier alpha value is -1.38. The molecule has 0 radical (unpaired) electrons. The molecule has 0 amide bonds. The van der Waals surface area contributed by atoms with Gasteiger partial charge in [-0.15, -0.1) is 0 Å². The fraction of sp³-hybridized carbons (Fsp3) is 0.611. The second-order valence-electron chi connectivity index (χ2n) is 7.67. The van der Waals surface area contributed by atoms with Crippen LogP contribution in [0.2, 0.25) is 0 Å². The molecule has 3 rings (SSSR count). The van der Waals surface area contributed by atoms with Crippen LogP contribution in [0.5, 0.6) is 5.75 Å². The highest BCUT2D eigenvalue weighted by molar-refractivity contribution is 6.00. The lowest BCUT2D eigenvalue weighted by molar-refractivity contribution is -0.0129. The van der Waals surface area contributed by atoms with Crippen LogP contribution in [0.4, 0.5) is 4.39 Å². The number of ether oxygens (including phenoxy) is 1. The molecular weight excluding hydrogens is 267 g/mol. The van der Waals surface area contributed by atoms with Gasteiger partial charge >= 0.3 is 0 Å². The molecular formula is C18H23FO2. The summed E-state index contributed by atoms with van der Waals surface area (Å²) in [6, 6.07) is 4.22. The Labute approximate surface area is 125 Å². The maximum atomic E-state index is 13.4. The van der Waals surface area contributed by atoms with E-state index in [1.807, 2.05) is 0 Å². The van der Waals surface area contributed by atoms with Gasteiger partial charge in [-0.25, -0.2) is 4.39 Å². The third kappa shape index (κ3) is 2.70. The topological polar surface area (TPSA) is 26.3 Å². The molecule has 1 fully saturated rings. The molecule has 1 aliphatic carbocycles. The minimum Gasteiger partial charge on any atom is -0.486 e. The average Bonchev–Trinajstić information content (AvgIpc) is 2.37. The molecule has 3 heteroatoms. The molecule has 1 saturated carbocycles. The van der Waals surface area contributed by atoms with Crippen molar-refractivity contribution in [1.29, 1.82) is 0 Å². The van der Waals surface area contributed by atoms with Crippen molar-refractivity contribution in [3.05, 3.63) is 29.6 Å². The first-order valence-electron chi connectivity index (χ1n) is 7.81. The van der Waals surface area contributed by atoms with E-state index in [1.165, 1.54) is 12.1 Å². The van der Waals surface area contributed by atoms with E-state index in [-0.39, 0.29) is 11.6 Å². The number of carbonyl (C=O) groups is 1. The van der Waals surface area contributed by atoms with E-state index in [4.69, 9.17) is 4.74 Å². The zero-order chi connectivity index (χ0) is 15.3. The number of rotatable bonds is 0. The summed E-state index contributed by atoms with van der Waals surface area (Å²) < 4.78 is 19.5. The summed E-state index contributed by atoms with van der Waals surface area (Å²) in [5.41, 5.74) is 0.421. The lowest BCUT2D eigenvalue weighted by atomic mass is 9.66. The Morgan fingerprint density at radius 3 is 2.52 bits per heavy atom. The van der Waals surface area contributed by atoms with Crippen molar-refractivity contribution in [3.8, 4) is 5.75 Å². The highest BCUT2D eigenvalue weighted by atomic mass is 19.1. The van der Waals surface area contributed by atoms with Gasteiger partial charge in [0.05, 0.1) is 12.0 Å². The first-order chi connectivity index (χ1) is 9.79. The second-order valence-corrected chi connectivity index (χ2v) is 7.67. The fourth-order valence-electron chi connectivity index (χ4n) is 3.76. The van der Waals surface area contributed by atoms with E-state index in [0.29, 0.717) is 29.1 Å². The van der Waals surface area contributed by atoms with Crippen molar-refractivity contribution in [2.75, 3.05) is 0 Å². The van der Waals surface area contributed by atoms with Crippen molar-refractivity contribution >= 4 is 5.78 Å². The van der Waals surface area contributed by atoms with E-state index in [1.54, 1.807) is 6.07 Å². The van der Waals surface area contributed by atoms with Crippen molar-refractivity contribution in [2.45, 2.75) is 58.5 Å². The van der Waals surface area contributed by atoms with Gasteiger partial charge in [-0.05, 0) is 49.1 Å². The van der Waals surface area contributed by atoms with E-state index in [2.05, 4.69) is 20.8 Å². The van der Waals surface area contributed by atoms with Gasteiger partial charge in [0, 0.05) is 6.07 Å². The first kappa shape index (κ1) is 14.6. The van der Waals surface area contributed by atoms with Gasteiger partial charge < -0.3 is 4.74 Å². The van der Waals surface area contributed by atoms with Crippen LogP contribution in [-0.4, -0.2) is 11.4 Å². The van der Waals surface area contributed by atoms with Crippen LogP contribution in [0, 0.1) is 17.2 Å². The van der Waals surface area contributed by atoms with Gasteiger partial charge in [-0.2, -0.15) is 0 Å². The van der Waals surface area contributed by atoms with E-state index >= 15 is 0 Å². The number of hydrogen-bond donors (Lipinski definition) is 0. The lowest BCUT2D eigenvalue weighted by Crippen LogP contribution is -2.46. The van der Waals surface area contributed by atoms with Gasteiger partial charge in [0.1, 0.15) is 17.2 Å². The van der Waals surface area contributed by atoms with Crippen LogP contribution in [0.3, 0.4) is 0 Å². The smallest absolute Gasteiger partial charge is 0.170 e. The number of fused-ring (bicyclic) bond motifs is 1. The van der Waals surface area contributed by atoms with Crippen molar-refractivity contribution in [1.82, 2.24) is 0 Å². The summed E-state index contributed by atoms with van der Waals surface area (Å²) in [6.07, 6.45) is 4.35. The Kier molecular flexibility index (Phi) is 3.34. The van der Waals surface area contributed by atoms with Crippen LogP contribution >= 0.6 is 0 Å². The van der Waals surface area contributed by atoms with E-state index in [9.17, 15) is 9.18 Å². The summed E-state index contributed by atoms with van der Waals surface area (Å²) in [4.78, 5) is 12.3. The largest absolute Gasteiger partial charge is 0.486 e. The Bertz CT molecular complexity index is 563. The fourth-order valence-corrected chi connectivity index (χ4v) is 3.76. The van der Waals surface area contributed by atoms with Crippen LogP contribution in [0.15, 0.2) is 18.2 Å². The van der Waals surface area contributed by atoms with Crippen LogP contribution in [-0.2, 0) is 0 Å². The highest BCUT2D eigenvalue weighted by Crippen LogP contribution is 2.47. The standard InChI is InChI=1S/C18H23FO2/c1-17(2,3)12-6-8-18(9-7-12)11-15(20)14-5-4-13(19)10-16(14)21-18/h4-5,10,12H,6-9,11H2,1-3H3. The predicted octanol–water partition coefficient (Wildman–Crippen LogP) is 4.77. The highest BCUT2D eigenvalue weighted by Gasteiger charge is 2.45. The molecule has 1 aliphatic heterocycles. The second kappa shape index (κ2) is 4.82. The number of hydrogen-bond acceptors (Lipinski definition) is 2. The monoisotopic (exact) mass is 290 g/mol. The quantitative estimate of drug-likeness (QED) is 0.688. The summed E-state index contributed by atoms with van der Waals surface area (Å²) >= 11 is 0. The first-order valence-corrected chi connectivity index (χ1v) is 7.81. The minimum absolute atomic E-state index is 0.0884. The number of Topliss-reactive ketones (excluding diaryl/α,β-unsaturated/α-hetero) is 1. The molecule has 1 aromatic rings.